The molecule has 0 N–H and O–H groups in total. The van der Waals surface area contributed by atoms with Crippen LogP contribution in [0.15, 0.2) is 0 Å². The third-order valence-corrected chi connectivity index (χ3v) is 4.79. The average Bonchev–Trinajstić information content (AvgIpc) is 3.56. The summed E-state index contributed by atoms with van der Waals surface area (Å²) in [5.74, 6) is 0. The molecule has 7 atom stereocenters. The summed E-state index contributed by atoms with van der Waals surface area (Å²) < 4.78 is 50.2. The molecular weight excluding hydrogens is 396 g/mol. The standard InChI is InChI=1S/C21H38O9/c1-15(24-9-19-12-28-19)4-22-7-18(27-6-17(3)26-11-21-14-30-21)8-23-5-16(2)25-10-20-13-29-20/h15-21H,4-14H2,1-3H3/t15-,16+,17-,18?,19+,20-,21+/m0/s1. The fourth-order valence-electron chi connectivity index (χ4n) is 2.60. The van der Waals surface area contributed by atoms with E-state index in [-0.39, 0.29) is 42.7 Å². The first-order valence-electron chi connectivity index (χ1n) is 11.0. The highest BCUT2D eigenvalue weighted by molar-refractivity contribution is 4.70. The number of rotatable bonds is 20. The first-order valence-corrected chi connectivity index (χ1v) is 11.0. The number of hydrogen-bond acceptors (Lipinski definition) is 9. The first kappa shape index (κ1) is 24.3. The second-order valence-corrected chi connectivity index (χ2v) is 8.33. The minimum absolute atomic E-state index is 0.00892. The zero-order chi connectivity index (χ0) is 21.2. The normalized spacial score (nSPS) is 28.7. The van der Waals surface area contributed by atoms with Gasteiger partial charge in [0.25, 0.3) is 0 Å². The minimum Gasteiger partial charge on any atom is -0.376 e. The highest BCUT2D eigenvalue weighted by Gasteiger charge is 2.25. The van der Waals surface area contributed by atoms with Crippen molar-refractivity contribution in [1.82, 2.24) is 0 Å². The van der Waals surface area contributed by atoms with E-state index in [9.17, 15) is 0 Å². The van der Waals surface area contributed by atoms with Gasteiger partial charge in [0.15, 0.2) is 0 Å². The molecule has 1 unspecified atom stereocenters. The quantitative estimate of drug-likeness (QED) is 0.258. The fourth-order valence-corrected chi connectivity index (χ4v) is 2.60. The Kier molecular flexibility index (Phi) is 10.7. The van der Waals surface area contributed by atoms with Gasteiger partial charge in [0.1, 0.15) is 24.4 Å². The molecule has 3 saturated heterocycles. The molecule has 9 nitrogen and oxygen atoms in total. The van der Waals surface area contributed by atoms with Gasteiger partial charge in [-0.3, -0.25) is 0 Å². The smallest absolute Gasteiger partial charge is 0.104 e. The molecule has 0 spiro atoms. The summed E-state index contributed by atoms with van der Waals surface area (Å²) in [5, 5.41) is 0. The lowest BCUT2D eigenvalue weighted by Gasteiger charge is -2.22. The monoisotopic (exact) mass is 434 g/mol. The van der Waals surface area contributed by atoms with Gasteiger partial charge in [-0.25, -0.2) is 0 Å². The van der Waals surface area contributed by atoms with Crippen molar-refractivity contribution in [2.75, 3.05) is 72.7 Å². The van der Waals surface area contributed by atoms with E-state index in [1.165, 1.54) is 0 Å². The van der Waals surface area contributed by atoms with Gasteiger partial charge < -0.3 is 42.6 Å². The summed E-state index contributed by atoms with van der Waals surface area (Å²) >= 11 is 0. The van der Waals surface area contributed by atoms with Crippen LogP contribution in [0.3, 0.4) is 0 Å². The molecule has 3 rings (SSSR count). The first-order chi connectivity index (χ1) is 14.6. The molecule has 0 aromatic carbocycles. The van der Waals surface area contributed by atoms with E-state index in [4.69, 9.17) is 42.6 Å². The molecule has 0 aromatic heterocycles. The largest absolute Gasteiger partial charge is 0.376 e. The van der Waals surface area contributed by atoms with Gasteiger partial charge in [-0.2, -0.15) is 0 Å². The highest BCUT2D eigenvalue weighted by Crippen LogP contribution is 2.12. The molecule has 176 valence electrons. The summed E-state index contributed by atoms with van der Waals surface area (Å²) in [6.45, 7) is 12.5. The average molecular weight is 435 g/mol. The van der Waals surface area contributed by atoms with Crippen molar-refractivity contribution in [3.05, 3.63) is 0 Å². The highest BCUT2D eigenvalue weighted by atomic mass is 16.6. The Balaban J connectivity index is 1.28. The predicted octanol–water partition coefficient (Wildman–Crippen LogP) is 0.817. The van der Waals surface area contributed by atoms with Crippen molar-refractivity contribution < 1.29 is 42.6 Å². The predicted molar refractivity (Wildman–Crippen MR) is 107 cm³/mol. The van der Waals surface area contributed by atoms with E-state index < -0.39 is 0 Å². The Morgan fingerprint density at radius 1 is 0.567 bits per heavy atom. The number of ether oxygens (including phenoxy) is 9. The van der Waals surface area contributed by atoms with Crippen LogP contribution in [0, 0.1) is 0 Å². The number of epoxide rings is 3. The van der Waals surface area contributed by atoms with Crippen molar-refractivity contribution >= 4 is 0 Å². The van der Waals surface area contributed by atoms with Crippen molar-refractivity contribution in [3.8, 4) is 0 Å². The lowest BCUT2D eigenvalue weighted by Crippen LogP contribution is -2.32. The van der Waals surface area contributed by atoms with Crippen LogP contribution in [-0.2, 0) is 42.6 Å². The summed E-state index contributed by atoms with van der Waals surface area (Å²) in [5.41, 5.74) is 0. The Bertz CT molecular complexity index is 426. The van der Waals surface area contributed by atoms with Gasteiger partial charge in [-0.05, 0) is 20.8 Å². The second kappa shape index (κ2) is 13.2. The van der Waals surface area contributed by atoms with Gasteiger partial charge in [0.2, 0.25) is 0 Å². The SMILES string of the molecule is C[C@H](COCC(COC[C@H](C)OC[C@@H]1CO1)OC[C@H](C)OC[C@@H]1CO1)OC[C@H]1CO1. The molecule has 9 heteroatoms. The molecule has 0 bridgehead atoms. The molecule has 3 aliphatic heterocycles. The molecule has 3 heterocycles. The van der Waals surface area contributed by atoms with Crippen LogP contribution in [0.1, 0.15) is 20.8 Å². The lowest BCUT2D eigenvalue weighted by molar-refractivity contribution is -0.109. The molecule has 3 aliphatic rings. The van der Waals surface area contributed by atoms with E-state index >= 15 is 0 Å². The van der Waals surface area contributed by atoms with Crippen molar-refractivity contribution in [2.24, 2.45) is 0 Å². The topological polar surface area (TPSA) is 93.0 Å². The Hall–Kier alpha value is -0.360. The van der Waals surface area contributed by atoms with Crippen LogP contribution in [0.5, 0.6) is 0 Å². The van der Waals surface area contributed by atoms with Gasteiger partial charge >= 0.3 is 0 Å². The fraction of sp³-hybridized carbons (Fsp3) is 1.00. The van der Waals surface area contributed by atoms with E-state index in [2.05, 4.69) is 0 Å². The summed E-state index contributed by atoms with van der Waals surface area (Å²) in [6.07, 6.45) is 0.582. The van der Waals surface area contributed by atoms with Crippen molar-refractivity contribution in [2.45, 2.75) is 63.5 Å². The summed E-state index contributed by atoms with van der Waals surface area (Å²) in [7, 11) is 0. The lowest BCUT2D eigenvalue weighted by atomic mass is 10.3. The van der Waals surface area contributed by atoms with E-state index in [0.717, 1.165) is 19.8 Å². The molecule has 0 aromatic rings. The van der Waals surface area contributed by atoms with E-state index in [1.54, 1.807) is 0 Å². The van der Waals surface area contributed by atoms with E-state index in [1.807, 2.05) is 20.8 Å². The molecule has 30 heavy (non-hydrogen) atoms. The maximum absolute atomic E-state index is 6.00. The van der Waals surface area contributed by atoms with Gasteiger partial charge in [-0.1, -0.05) is 0 Å². The maximum Gasteiger partial charge on any atom is 0.104 e. The third-order valence-electron chi connectivity index (χ3n) is 4.79. The Morgan fingerprint density at radius 2 is 0.933 bits per heavy atom. The van der Waals surface area contributed by atoms with Crippen LogP contribution in [-0.4, -0.2) is 115 Å². The maximum atomic E-state index is 6.00. The third kappa shape index (κ3) is 11.9. The molecule has 0 saturated carbocycles. The molecule has 0 amide bonds. The van der Waals surface area contributed by atoms with Crippen molar-refractivity contribution in [1.29, 1.82) is 0 Å². The summed E-state index contributed by atoms with van der Waals surface area (Å²) in [6, 6.07) is 0. The Labute approximate surface area is 179 Å². The van der Waals surface area contributed by atoms with E-state index in [0.29, 0.717) is 52.9 Å². The Morgan fingerprint density at radius 3 is 1.30 bits per heavy atom. The van der Waals surface area contributed by atoms with Crippen LogP contribution in [0.25, 0.3) is 0 Å². The van der Waals surface area contributed by atoms with Crippen LogP contribution in [0.4, 0.5) is 0 Å². The second-order valence-electron chi connectivity index (χ2n) is 8.33. The number of hydrogen-bond donors (Lipinski definition) is 0. The van der Waals surface area contributed by atoms with Gasteiger partial charge in [-0.15, -0.1) is 0 Å². The van der Waals surface area contributed by atoms with Gasteiger partial charge in [0.05, 0.1) is 91.0 Å². The molecule has 0 aliphatic carbocycles. The summed E-state index contributed by atoms with van der Waals surface area (Å²) in [4.78, 5) is 0. The minimum atomic E-state index is -0.189. The molecule has 0 radical (unpaired) electrons. The zero-order valence-electron chi connectivity index (χ0n) is 18.5. The van der Waals surface area contributed by atoms with Crippen LogP contribution < -0.4 is 0 Å². The van der Waals surface area contributed by atoms with Crippen LogP contribution in [0.2, 0.25) is 0 Å². The van der Waals surface area contributed by atoms with Gasteiger partial charge in [0, 0.05) is 0 Å². The zero-order valence-corrected chi connectivity index (χ0v) is 18.5. The molecule has 3 fully saturated rings. The van der Waals surface area contributed by atoms with Crippen LogP contribution >= 0.6 is 0 Å². The van der Waals surface area contributed by atoms with Crippen molar-refractivity contribution in [3.63, 3.8) is 0 Å². The molecular formula is C21H38O9.